The molecule has 0 unspecified atom stereocenters. The summed E-state index contributed by atoms with van der Waals surface area (Å²) < 4.78 is 4.94. The highest BCUT2D eigenvalue weighted by Gasteiger charge is 2.06. The van der Waals surface area contributed by atoms with Crippen LogP contribution in [0.3, 0.4) is 0 Å². The molecule has 0 aliphatic rings. The number of benzene rings is 1. The Hall–Kier alpha value is -1.03. The Labute approximate surface area is 123 Å². The molecule has 1 aromatic carbocycles. The average molecular weight is 302 g/mol. The Kier molecular flexibility index (Phi) is 6.92. The maximum absolute atomic E-state index is 11.8. The lowest BCUT2D eigenvalue weighted by Crippen LogP contribution is -2.26. The molecule has 0 heterocycles. The third-order valence-corrected chi connectivity index (χ3v) is 3.27. The van der Waals surface area contributed by atoms with Crippen LogP contribution in [0.15, 0.2) is 24.3 Å². The summed E-state index contributed by atoms with van der Waals surface area (Å²) in [7, 11) is 3.39. The Morgan fingerprint density at radius 1 is 1.37 bits per heavy atom. The molecule has 19 heavy (non-hydrogen) atoms. The standard InChI is InChI=1S/C14H17Cl2NO2/c1-17(9-4-10-19-2)14(18)8-7-11-12(15)5-3-6-13(11)16/h3,5-8H,4,9-10H2,1-2H3/b8-7+. The fraction of sp³-hybridized carbons (Fsp3) is 0.357. The smallest absolute Gasteiger partial charge is 0.246 e. The first-order chi connectivity index (χ1) is 9.06. The van der Waals surface area contributed by atoms with E-state index < -0.39 is 0 Å². The predicted molar refractivity (Wildman–Crippen MR) is 79.6 cm³/mol. The van der Waals surface area contributed by atoms with Gasteiger partial charge >= 0.3 is 0 Å². The molecule has 3 nitrogen and oxygen atoms in total. The maximum atomic E-state index is 11.8. The third-order valence-electron chi connectivity index (χ3n) is 2.61. The highest BCUT2D eigenvalue weighted by molar-refractivity contribution is 6.37. The molecule has 0 aliphatic carbocycles. The van der Waals surface area contributed by atoms with E-state index in [9.17, 15) is 4.79 Å². The number of halogens is 2. The van der Waals surface area contributed by atoms with Gasteiger partial charge in [-0.15, -0.1) is 0 Å². The summed E-state index contributed by atoms with van der Waals surface area (Å²) in [6.45, 7) is 1.28. The first-order valence-electron chi connectivity index (χ1n) is 5.92. The summed E-state index contributed by atoms with van der Waals surface area (Å²) in [6.07, 6.45) is 3.92. The topological polar surface area (TPSA) is 29.5 Å². The molecule has 1 rings (SSSR count). The number of nitrogens with zero attached hydrogens (tertiary/aromatic N) is 1. The molecule has 104 valence electrons. The van der Waals surface area contributed by atoms with Crippen molar-refractivity contribution in [3.63, 3.8) is 0 Å². The van der Waals surface area contributed by atoms with E-state index >= 15 is 0 Å². The lowest BCUT2D eigenvalue weighted by molar-refractivity contribution is -0.124. The van der Waals surface area contributed by atoms with Crippen LogP contribution < -0.4 is 0 Å². The van der Waals surface area contributed by atoms with Gasteiger partial charge in [0.1, 0.15) is 0 Å². The second-order valence-electron chi connectivity index (χ2n) is 4.07. The molecule has 0 radical (unpaired) electrons. The van der Waals surface area contributed by atoms with Gasteiger partial charge in [0.05, 0.1) is 0 Å². The fourth-order valence-corrected chi connectivity index (χ4v) is 2.03. The second kappa shape index (κ2) is 8.20. The average Bonchev–Trinajstić information content (AvgIpc) is 2.38. The molecule has 1 aromatic rings. The van der Waals surface area contributed by atoms with Crippen molar-refractivity contribution in [3.05, 3.63) is 39.9 Å². The van der Waals surface area contributed by atoms with Crippen molar-refractivity contribution in [2.24, 2.45) is 0 Å². The number of ether oxygens (including phenoxy) is 1. The summed E-state index contributed by atoms with van der Waals surface area (Å²) in [5.41, 5.74) is 0.657. The summed E-state index contributed by atoms with van der Waals surface area (Å²) in [5, 5.41) is 1.05. The van der Waals surface area contributed by atoms with Gasteiger partial charge in [0.2, 0.25) is 5.91 Å². The van der Waals surface area contributed by atoms with E-state index in [1.54, 1.807) is 43.3 Å². The van der Waals surface area contributed by atoms with E-state index in [1.807, 2.05) is 0 Å². The molecule has 1 amide bonds. The van der Waals surface area contributed by atoms with Crippen LogP contribution in [0.4, 0.5) is 0 Å². The minimum atomic E-state index is -0.0907. The van der Waals surface area contributed by atoms with Crippen molar-refractivity contribution in [3.8, 4) is 0 Å². The van der Waals surface area contributed by atoms with Gasteiger partial charge in [-0.2, -0.15) is 0 Å². The maximum Gasteiger partial charge on any atom is 0.246 e. The Balaban J connectivity index is 2.63. The molecule has 0 bridgehead atoms. The molecule has 0 spiro atoms. The van der Waals surface area contributed by atoms with Crippen molar-refractivity contribution in [2.45, 2.75) is 6.42 Å². The predicted octanol–water partition coefficient (Wildman–Crippen LogP) is 3.50. The number of methoxy groups -OCH3 is 1. The van der Waals surface area contributed by atoms with Crippen molar-refractivity contribution in [2.75, 3.05) is 27.3 Å². The molecule has 0 atom stereocenters. The van der Waals surface area contributed by atoms with E-state index in [4.69, 9.17) is 27.9 Å². The zero-order valence-electron chi connectivity index (χ0n) is 11.0. The molecule has 0 saturated heterocycles. The molecule has 0 N–H and O–H groups in total. The summed E-state index contributed by atoms with van der Waals surface area (Å²) >= 11 is 12.0. The Morgan fingerprint density at radius 3 is 2.58 bits per heavy atom. The van der Waals surface area contributed by atoms with Crippen LogP contribution >= 0.6 is 23.2 Å². The number of carbonyl (C=O) groups is 1. The van der Waals surface area contributed by atoms with Gasteiger partial charge in [0.25, 0.3) is 0 Å². The van der Waals surface area contributed by atoms with Crippen molar-refractivity contribution < 1.29 is 9.53 Å². The Bertz CT molecular complexity index is 441. The number of carbonyl (C=O) groups excluding carboxylic acids is 1. The van der Waals surface area contributed by atoms with E-state index in [0.717, 1.165) is 6.42 Å². The molecule has 0 saturated carbocycles. The highest BCUT2D eigenvalue weighted by atomic mass is 35.5. The zero-order chi connectivity index (χ0) is 14.3. The minimum absolute atomic E-state index is 0.0907. The van der Waals surface area contributed by atoms with Crippen molar-refractivity contribution in [1.82, 2.24) is 4.90 Å². The lowest BCUT2D eigenvalue weighted by Gasteiger charge is -2.14. The lowest BCUT2D eigenvalue weighted by atomic mass is 10.2. The van der Waals surface area contributed by atoms with Gasteiger partial charge < -0.3 is 9.64 Å². The van der Waals surface area contributed by atoms with Crippen LogP contribution in [0.1, 0.15) is 12.0 Å². The zero-order valence-corrected chi connectivity index (χ0v) is 12.5. The largest absolute Gasteiger partial charge is 0.385 e. The van der Waals surface area contributed by atoms with Crippen LogP contribution in [0.2, 0.25) is 10.0 Å². The number of amides is 1. The fourth-order valence-electron chi connectivity index (χ4n) is 1.51. The monoisotopic (exact) mass is 301 g/mol. The number of hydrogen-bond donors (Lipinski definition) is 0. The van der Waals surface area contributed by atoms with Crippen molar-refractivity contribution in [1.29, 1.82) is 0 Å². The van der Waals surface area contributed by atoms with Crippen molar-refractivity contribution >= 4 is 35.2 Å². The quantitative estimate of drug-likeness (QED) is 0.594. The number of hydrogen-bond acceptors (Lipinski definition) is 2. The molecule has 0 aromatic heterocycles. The highest BCUT2D eigenvalue weighted by Crippen LogP contribution is 2.25. The van der Waals surface area contributed by atoms with Crippen LogP contribution in [0, 0.1) is 0 Å². The van der Waals surface area contributed by atoms with Crippen LogP contribution in [-0.2, 0) is 9.53 Å². The SMILES string of the molecule is COCCCN(C)C(=O)/C=C/c1c(Cl)cccc1Cl. The normalized spacial score (nSPS) is 10.9. The van der Waals surface area contributed by atoms with Gasteiger partial charge in [-0.25, -0.2) is 0 Å². The minimum Gasteiger partial charge on any atom is -0.385 e. The van der Waals surface area contributed by atoms with Gasteiger partial charge in [0, 0.05) is 49.0 Å². The molecule has 0 aliphatic heterocycles. The number of rotatable bonds is 6. The van der Waals surface area contributed by atoms with Crippen LogP contribution in [-0.4, -0.2) is 38.1 Å². The molecule has 0 fully saturated rings. The van der Waals surface area contributed by atoms with Gasteiger partial charge in [-0.05, 0) is 24.6 Å². The van der Waals surface area contributed by atoms with E-state index in [0.29, 0.717) is 28.8 Å². The van der Waals surface area contributed by atoms with Crippen LogP contribution in [0.5, 0.6) is 0 Å². The van der Waals surface area contributed by atoms with Gasteiger partial charge in [-0.3, -0.25) is 4.79 Å². The second-order valence-corrected chi connectivity index (χ2v) is 4.89. The first kappa shape index (κ1) is 16.0. The van der Waals surface area contributed by atoms with E-state index in [2.05, 4.69) is 0 Å². The van der Waals surface area contributed by atoms with E-state index in [-0.39, 0.29) is 5.91 Å². The van der Waals surface area contributed by atoms with E-state index in [1.165, 1.54) is 6.08 Å². The molecular weight excluding hydrogens is 285 g/mol. The van der Waals surface area contributed by atoms with Gasteiger partial charge in [0.15, 0.2) is 0 Å². The Morgan fingerprint density at radius 2 is 2.00 bits per heavy atom. The summed E-state index contributed by atoms with van der Waals surface area (Å²) in [5.74, 6) is -0.0907. The molecule has 5 heteroatoms. The van der Waals surface area contributed by atoms with Gasteiger partial charge in [-0.1, -0.05) is 29.3 Å². The van der Waals surface area contributed by atoms with Crippen LogP contribution in [0.25, 0.3) is 6.08 Å². The first-order valence-corrected chi connectivity index (χ1v) is 6.68. The number of likely N-dealkylation sites (N-methyl/N-ethyl adjacent to an activating group) is 1. The molecular formula is C14H17Cl2NO2. The third kappa shape index (κ3) is 5.23. The summed E-state index contributed by atoms with van der Waals surface area (Å²) in [4.78, 5) is 13.5. The summed E-state index contributed by atoms with van der Waals surface area (Å²) in [6, 6.07) is 5.24.